The molecule has 3 aliphatic rings. The van der Waals surface area contributed by atoms with Crippen LogP contribution in [0, 0.1) is 12.3 Å². The van der Waals surface area contributed by atoms with E-state index in [2.05, 4.69) is 14.7 Å². The van der Waals surface area contributed by atoms with E-state index in [4.69, 9.17) is 139 Å². The Labute approximate surface area is 711 Å². The zero-order valence-electron chi connectivity index (χ0n) is 70.2. The monoisotopic (exact) mass is 1790 g/mol. The Kier molecular flexibility index (Phi) is 63.6. The van der Waals surface area contributed by atoms with Crippen molar-refractivity contribution in [2.75, 3.05) is 272 Å². The number of fused-ring (bicyclic) bond motifs is 2. The minimum absolute atomic E-state index is 0.0103. The van der Waals surface area contributed by atoms with E-state index in [1.807, 2.05) is 25.1 Å². The molecule has 2 bridgehead atoms. The van der Waals surface area contributed by atoms with E-state index in [-0.39, 0.29) is 95.6 Å². The number of nitrogens with one attached hydrogen (secondary N) is 1. The van der Waals surface area contributed by atoms with Gasteiger partial charge in [-0.2, -0.15) is 0 Å². The number of benzene rings is 1. The standard InChI is InChI=1S/C78H142N3O30P3S3/c1-68-22-23-73(89-2)60-69(68)61-77(85)111-74-62-70-18-17-19-71(63-74)81(70)27-16-12-8-6-5-7-11-15-26-79-75(83)65-106-55-53-102-47-45-98-39-37-95-35-33-93-31-30-92-32-34-94-36-38-97-44-46-101-52-54-105-64-72(82)20-13-9-10-14-21-76(84)80-28-24-78(25-29-80,66-109-113(87,116)91-4)67-110-114(88,117)108-59-57-104-51-49-100-43-41-96-40-42-99-48-50-103-56-58-107-112(86,115)90-3/h22-23,60,70-71,74H,5-21,24-59,61-67H2,1-4H3,(H,79,83)(H,86,115)(H,87,116)(H,88,117). The summed E-state index contributed by atoms with van der Waals surface area (Å²) in [5.74, 6) is 0.542. The van der Waals surface area contributed by atoms with E-state index in [1.165, 1.54) is 72.0 Å². The molecule has 5 atom stereocenters. The molecule has 33 nitrogen and oxygen atoms in total. The number of piperidine rings is 3. The van der Waals surface area contributed by atoms with Crippen LogP contribution in [0.2, 0.25) is 0 Å². The number of ether oxygens (including phenoxy) is 17. The molecule has 0 saturated carbocycles. The Hall–Kier alpha value is -1.95. The van der Waals surface area contributed by atoms with Crippen molar-refractivity contribution in [1.29, 1.82) is 0 Å². The van der Waals surface area contributed by atoms with Crippen molar-refractivity contribution in [1.82, 2.24) is 15.1 Å². The molecule has 3 fully saturated rings. The molecule has 1 aromatic carbocycles. The van der Waals surface area contributed by atoms with Crippen LogP contribution in [-0.4, -0.2) is 338 Å². The molecule has 0 spiro atoms. The topological polar surface area (TPSA) is 360 Å². The van der Waals surface area contributed by atoms with Crippen molar-refractivity contribution >= 4 is 79.1 Å². The summed E-state index contributed by atoms with van der Waals surface area (Å²) in [5, 5.41) is 2.95. The van der Waals surface area contributed by atoms with Crippen molar-refractivity contribution in [3.8, 4) is 5.75 Å². The molecule has 0 aliphatic carbocycles. The number of hydrogen-bond donors (Lipinski definition) is 4. The lowest BCUT2D eigenvalue weighted by molar-refractivity contribution is -0.154. The number of rotatable bonds is 81. The van der Waals surface area contributed by atoms with E-state index in [0.29, 0.717) is 235 Å². The van der Waals surface area contributed by atoms with E-state index >= 15 is 0 Å². The third kappa shape index (κ3) is 56.6. The van der Waals surface area contributed by atoms with E-state index in [9.17, 15) is 33.9 Å². The Bertz CT molecular complexity index is 2840. The van der Waals surface area contributed by atoms with Gasteiger partial charge in [0, 0.05) is 77.0 Å². The van der Waals surface area contributed by atoms with Gasteiger partial charge in [0.1, 0.15) is 25.1 Å². The number of ketones is 1. The number of amides is 2. The summed E-state index contributed by atoms with van der Waals surface area (Å²) in [6, 6.07) is 6.88. The number of carbonyl (C=O) groups is 4. The van der Waals surface area contributed by atoms with Gasteiger partial charge >= 0.3 is 26.1 Å². The molecular weight excluding hydrogens is 1650 g/mol. The fraction of sp³-hybridized carbons (Fsp3) is 0.872. The molecule has 0 aromatic heterocycles. The third-order valence-corrected chi connectivity index (χ3v) is 24.5. The summed E-state index contributed by atoms with van der Waals surface area (Å²) in [5.41, 5.74) is 1.30. The number of methoxy groups -OCH3 is 1. The minimum atomic E-state index is -3.70. The molecule has 3 aliphatic heterocycles. The summed E-state index contributed by atoms with van der Waals surface area (Å²) >= 11 is 15.1. The van der Waals surface area contributed by atoms with Crippen molar-refractivity contribution in [2.45, 2.75) is 166 Å². The Morgan fingerprint density at radius 1 is 0.462 bits per heavy atom. The van der Waals surface area contributed by atoms with Gasteiger partial charge in [0.2, 0.25) is 11.8 Å². The zero-order chi connectivity index (χ0) is 84.4. The highest BCUT2D eigenvalue weighted by Gasteiger charge is 2.41. The van der Waals surface area contributed by atoms with Crippen LogP contribution >= 0.6 is 20.2 Å². The van der Waals surface area contributed by atoms with Crippen LogP contribution in [0.4, 0.5) is 0 Å². The fourth-order valence-corrected chi connectivity index (χ4v) is 15.5. The van der Waals surface area contributed by atoms with Gasteiger partial charge in [0.25, 0.3) is 0 Å². The number of unbranched alkanes of at least 4 members (excludes halogenated alkanes) is 10. The number of Topliss-reactive ketones (excluding diaryl/α,β-unsaturated/α-hetero) is 1. The van der Waals surface area contributed by atoms with Gasteiger partial charge < -0.3 is 133 Å². The normalized spacial score (nSPS) is 17.8. The van der Waals surface area contributed by atoms with Gasteiger partial charge in [-0.25, -0.2) is 0 Å². The first-order chi connectivity index (χ1) is 56.8. The first-order valence-corrected chi connectivity index (χ1v) is 49.5. The number of hydrogen-bond acceptors (Lipinski definition) is 31. The number of aryl methyl sites for hydroxylation is 1. The maximum absolute atomic E-state index is 13.2. The number of likely N-dealkylation sites (tertiary alicyclic amines) is 1. The summed E-state index contributed by atoms with van der Waals surface area (Å²) in [4.78, 5) is 86.0. The summed E-state index contributed by atoms with van der Waals surface area (Å²) < 4.78 is 126. The maximum Gasteiger partial charge on any atom is 0.324 e. The molecule has 5 unspecified atom stereocenters. The Morgan fingerprint density at radius 3 is 1.28 bits per heavy atom. The summed E-state index contributed by atoms with van der Waals surface area (Å²) in [6.45, 7) is 4.84. The van der Waals surface area contributed by atoms with Gasteiger partial charge in [-0.3, -0.25) is 24.1 Å². The second kappa shape index (κ2) is 69.3. The predicted molar refractivity (Wildman–Crippen MR) is 449 cm³/mol. The quantitative estimate of drug-likeness (QED) is 0.0270. The van der Waals surface area contributed by atoms with Crippen LogP contribution < -0.4 is 10.1 Å². The number of esters is 1. The smallest absolute Gasteiger partial charge is 0.324 e. The molecule has 1 aromatic rings. The molecule has 4 rings (SSSR count). The average Bonchev–Trinajstić information content (AvgIpc) is 0.773. The summed E-state index contributed by atoms with van der Waals surface area (Å²) in [7, 11) is 4.19. The lowest BCUT2D eigenvalue weighted by atomic mass is 9.80. The highest BCUT2D eigenvalue weighted by molar-refractivity contribution is 8.07. The van der Waals surface area contributed by atoms with E-state index < -0.39 is 25.6 Å². The first-order valence-electron chi connectivity index (χ1n) is 41.8. The van der Waals surface area contributed by atoms with Crippen LogP contribution in [0.1, 0.15) is 146 Å². The molecule has 3 heterocycles. The van der Waals surface area contributed by atoms with Crippen LogP contribution in [0.3, 0.4) is 0 Å². The predicted octanol–water partition coefficient (Wildman–Crippen LogP) is 8.49. The highest BCUT2D eigenvalue weighted by atomic mass is 32.5. The Balaban J connectivity index is 0.805. The third-order valence-electron chi connectivity index (χ3n) is 19.5. The molecule has 4 N–H and O–H groups in total. The van der Waals surface area contributed by atoms with Gasteiger partial charge in [0.05, 0.1) is 225 Å². The van der Waals surface area contributed by atoms with Crippen LogP contribution in [-0.2, 0) is 164 Å². The molecule has 682 valence electrons. The second-order valence-electron chi connectivity index (χ2n) is 28.6. The largest absolute Gasteiger partial charge is 0.497 e. The minimum Gasteiger partial charge on any atom is -0.497 e. The fourth-order valence-electron chi connectivity index (χ4n) is 13.0. The molecule has 3 saturated heterocycles. The van der Waals surface area contributed by atoms with E-state index in [0.717, 1.165) is 61.9 Å². The highest BCUT2D eigenvalue weighted by Crippen LogP contribution is 2.50. The lowest BCUT2D eigenvalue weighted by Gasteiger charge is -2.48. The first kappa shape index (κ1) is 107. The van der Waals surface area contributed by atoms with Crippen LogP contribution in [0.25, 0.3) is 0 Å². The van der Waals surface area contributed by atoms with Crippen molar-refractivity contribution in [2.24, 2.45) is 5.41 Å². The average molecular weight is 1790 g/mol. The molecule has 0 radical (unpaired) electrons. The van der Waals surface area contributed by atoms with E-state index in [1.54, 1.807) is 12.0 Å². The lowest BCUT2D eigenvalue weighted by Crippen LogP contribution is -2.54. The maximum atomic E-state index is 13.2. The van der Waals surface area contributed by atoms with Crippen LogP contribution in [0.5, 0.6) is 5.75 Å². The van der Waals surface area contributed by atoms with Crippen LogP contribution in [0.15, 0.2) is 18.2 Å². The van der Waals surface area contributed by atoms with Crippen molar-refractivity contribution in [3.05, 3.63) is 29.3 Å². The molecule has 2 amide bonds. The molecule has 39 heteroatoms. The van der Waals surface area contributed by atoms with Crippen molar-refractivity contribution in [3.63, 3.8) is 0 Å². The van der Waals surface area contributed by atoms with Gasteiger partial charge in [-0.15, -0.1) is 0 Å². The molecular formula is C78H142N3O30P3S3. The number of carbonyl (C=O) groups excluding carboxylic acids is 4. The number of nitrogens with zero attached hydrogens (tertiary/aromatic N) is 2. The second-order valence-corrected chi connectivity index (χ2v) is 37.3. The van der Waals surface area contributed by atoms with Gasteiger partial charge in [-0.05, 0) is 124 Å². The van der Waals surface area contributed by atoms with Crippen molar-refractivity contribution < 1.29 is 142 Å². The summed E-state index contributed by atoms with van der Waals surface area (Å²) in [6.07, 6.45) is 19.9. The Morgan fingerprint density at radius 2 is 0.838 bits per heavy atom. The SMILES string of the molecule is COc1ccc(C)c(CC(=O)OC2CC3CCCC(C2)N3CCCCCCCCCCNC(=O)COCCOCCOCCOCCOCCOCCOCCOCCOCCOCC(=O)CCCCCCC(=O)N2CCC(COP(O)(=S)OC)(COP(O)(=S)OCCOCCOCCOCCOCCOCCOP(O)(=S)OC)CC2)c1. The van der Waals surface area contributed by atoms with Gasteiger partial charge in [0.15, 0.2) is 5.78 Å². The van der Waals surface area contributed by atoms with Gasteiger partial charge in [-0.1, -0.05) is 63.9 Å². The molecule has 117 heavy (non-hydrogen) atoms. The zero-order valence-corrected chi connectivity index (χ0v) is 75.3.